The smallest absolute Gasteiger partial charge is 0.245 e. The second-order valence-corrected chi connectivity index (χ2v) is 9.03. The fourth-order valence-corrected chi connectivity index (χ4v) is 6.62. The Balaban J connectivity index is 2.36. The highest BCUT2D eigenvalue weighted by Crippen LogP contribution is 2.36. The molecule has 0 radical (unpaired) electrons. The zero-order chi connectivity index (χ0) is 12.6. The number of halogens is 2. The van der Waals surface area contributed by atoms with Crippen molar-refractivity contribution in [3.05, 3.63) is 13.6 Å². The van der Waals surface area contributed by atoms with Crippen molar-refractivity contribution in [2.75, 3.05) is 19.6 Å². The van der Waals surface area contributed by atoms with E-state index in [2.05, 4.69) is 37.2 Å². The van der Waals surface area contributed by atoms with Gasteiger partial charge in [-0.25, -0.2) is 8.42 Å². The number of thiophene rings is 1. The summed E-state index contributed by atoms with van der Waals surface area (Å²) >= 11 is 7.74. The van der Waals surface area contributed by atoms with Crippen molar-refractivity contribution in [2.45, 2.75) is 4.90 Å². The van der Waals surface area contributed by atoms with Gasteiger partial charge in [-0.15, -0.1) is 11.3 Å². The highest BCUT2D eigenvalue weighted by Gasteiger charge is 2.31. The third-order valence-electron chi connectivity index (χ3n) is 2.25. The van der Waals surface area contributed by atoms with Gasteiger partial charge in [0.2, 0.25) is 15.9 Å². The van der Waals surface area contributed by atoms with Crippen molar-refractivity contribution < 1.29 is 13.2 Å². The van der Waals surface area contributed by atoms with Gasteiger partial charge in [0.25, 0.3) is 0 Å². The quantitative estimate of drug-likeness (QED) is 0.811. The van der Waals surface area contributed by atoms with Crippen molar-refractivity contribution in [3.63, 3.8) is 0 Å². The third kappa shape index (κ3) is 2.73. The summed E-state index contributed by atoms with van der Waals surface area (Å²) in [7, 11) is -3.60. The molecule has 2 rings (SSSR count). The van der Waals surface area contributed by atoms with Gasteiger partial charge < -0.3 is 5.32 Å². The lowest BCUT2D eigenvalue weighted by atomic mass is 10.4. The Labute approximate surface area is 119 Å². The SMILES string of the molecule is O=C1CN(S(=O)(=O)c2cc(Br)sc2Br)CCN1. The fourth-order valence-electron chi connectivity index (χ4n) is 1.46. The first-order valence-electron chi connectivity index (χ1n) is 4.63. The van der Waals surface area contributed by atoms with Crippen molar-refractivity contribution in [2.24, 2.45) is 0 Å². The summed E-state index contributed by atoms with van der Waals surface area (Å²) in [4.78, 5) is 11.4. The van der Waals surface area contributed by atoms with Gasteiger partial charge >= 0.3 is 0 Å². The molecular weight excluding hydrogens is 396 g/mol. The van der Waals surface area contributed by atoms with Gasteiger partial charge in [-0.3, -0.25) is 4.79 Å². The van der Waals surface area contributed by atoms with Crippen LogP contribution in [-0.4, -0.2) is 38.3 Å². The minimum Gasteiger partial charge on any atom is -0.354 e. The topological polar surface area (TPSA) is 66.5 Å². The molecule has 1 fully saturated rings. The number of carbonyl (C=O) groups is 1. The molecule has 1 N–H and O–H groups in total. The van der Waals surface area contributed by atoms with Gasteiger partial charge in [-0.2, -0.15) is 4.31 Å². The van der Waals surface area contributed by atoms with E-state index in [9.17, 15) is 13.2 Å². The Hall–Kier alpha value is 0.0400. The molecule has 1 aromatic heterocycles. The molecule has 0 unspecified atom stereocenters. The van der Waals surface area contributed by atoms with Crippen molar-refractivity contribution >= 4 is 59.1 Å². The maximum absolute atomic E-state index is 12.3. The van der Waals surface area contributed by atoms with E-state index in [4.69, 9.17) is 0 Å². The molecule has 0 aromatic carbocycles. The van der Waals surface area contributed by atoms with Gasteiger partial charge in [0.15, 0.2) is 0 Å². The van der Waals surface area contributed by atoms with Crippen molar-refractivity contribution in [3.8, 4) is 0 Å². The molecule has 1 aromatic rings. The lowest BCUT2D eigenvalue weighted by Crippen LogP contribution is -2.49. The van der Waals surface area contributed by atoms with Gasteiger partial charge in [-0.05, 0) is 37.9 Å². The highest BCUT2D eigenvalue weighted by molar-refractivity contribution is 9.12. The molecule has 17 heavy (non-hydrogen) atoms. The average molecular weight is 404 g/mol. The normalized spacial score (nSPS) is 18.1. The number of carbonyl (C=O) groups excluding carboxylic acids is 1. The van der Waals surface area contributed by atoms with Crippen LogP contribution in [0.15, 0.2) is 18.5 Å². The van der Waals surface area contributed by atoms with E-state index in [1.165, 1.54) is 21.7 Å². The monoisotopic (exact) mass is 402 g/mol. The van der Waals surface area contributed by atoms with Crippen LogP contribution in [0.1, 0.15) is 0 Å². The first-order valence-corrected chi connectivity index (χ1v) is 8.47. The van der Waals surface area contributed by atoms with Crippen LogP contribution in [-0.2, 0) is 14.8 Å². The predicted molar refractivity (Wildman–Crippen MR) is 71.5 cm³/mol. The Morgan fingerprint density at radius 2 is 2.12 bits per heavy atom. The summed E-state index contributed by atoms with van der Waals surface area (Å²) in [5.74, 6) is -0.273. The Kier molecular flexibility index (Phi) is 3.93. The largest absolute Gasteiger partial charge is 0.354 e. The molecule has 9 heteroatoms. The standard InChI is InChI=1S/C8H8Br2N2O3S2/c9-6-3-5(8(10)16-6)17(14,15)12-2-1-11-7(13)4-12/h3H,1-2,4H2,(H,11,13). The molecule has 1 saturated heterocycles. The molecule has 0 atom stereocenters. The first kappa shape index (κ1) is 13.5. The number of hydrogen-bond acceptors (Lipinski definition) is 4. The van der Waals surface area contributed by atoms with Crippen LogP contribution in [0.3, 0.4) is 0 Å². The van der Waals surface area contributed by atoms with Crippen LogP contribution in [0.4, 0.5) is 0 Å². The summed E-state index contributed by atoms with van der Waals surface area (Å²) < 4.78 is 27.0. The van der Waals surface area contributed by atoms with Crippen molar-refractivity contribution in [1.82, 2.24) is 9.62 Å². The second-order valence-electron chi connectivity index (χ2n) is 3.38. The van der Waals surface area contributed by atoms with Crippen LogP contribution in [0.5, 0.6) is 0 Å². The van der Waals surface area contributed by atoms with E-state index in [-0.39, 0.29) is 17.3 Å². The summed E-state index contributed by atoms with van der Waals surface area (Å²) in [5, 5.41) is 2.59. The van der Waals surface area contributed by atoms with E-state index in [1.54, 1.807) is 0 Å². The highest BCUT2D eigenvalue weighted by atomic mass is 79.9. The number of nitrogens with zero attached hydrogens (tertiary/aromatic N) is 1. The molecule has 0 bridgehead atoms. The van der Waals surface area contributed by atoms with Gasteiger partial charge in [0.1, 0.15) is 4.90 Å². The van der Waals surface area contributed by atoms with Crippen LogP contribution < -0.4 is 5.32 Å². The average Bonchev–Trinajstić information content (AvgIpc) is 2.58. The molecular formula is C8H8Br2N2O3S2. The Morgan fingerprint density at radius 1 is 1.41 bits per heavy atom. The minimum atomic E-state index is -3.60. The van der Waals surface area contributed by atoms with Gasteiger partial charge in [0, 0.05) is 13.1 Å². The lowest BCUT2D eigenvalue weighted by Gasteiger charge is -2.25. The van der Waals surface area contributed by atoms with Gasteiger partial charge in [0.05, 0.1) is 14.1 Å². The zero-order valence-electron chi connectivity index (χ0n) is 8.44. The fraction of sp³-hybridized carbons (Fsp3) is 0.375. The lowest BCUT2D eigenvalue weighted by molar-refractivity contribution is -0.122. The maximum atomic E-state index is 12.3. The Morgan fingerprint density at radius 3 is 2.65 bits per heavy atom. The zero-order valence-corrected chi connectivity index (χ0v) is 13.2. The number of sulfonamides is 1. The van der Waals surface area contributed by atoms with E-state index in [0.717, 1.165) is 3.79 Å². The molecule has 0 saturated carbocycles. The summed E-state index contributed by atoms with van der Waals surface area (Å²) in [6, 6.07) is 1.54. The van der Waals surface area contributed by atoms with Crippen molar-refractivity contribution in [1.29, 1.82) is 0 Å². The molecule has 2 heterocycles. The molecule has 0 spiro atoms. The van der Waals surface area contributed by atoms with E-state index >= 15 is 0 Å². The van der Waals surface area contributed by atoms with Crippen LogP contribution >= 0.6 is 43.2 Å². The summed E-state index contributed by atoms with van der Waals surface area (Å²) in [5.41, 5.74) is 0. The number of hydrogen-bond donors (Lipinski definition) is 1. The van der Waals surface area contributed by atoms with Crippen LogP contribution in [0.2, 0.25) is 0 Å². The molecule has 5 nitrogen and oxygen atoms in total. The minimum absolute atomic E-state index is 0.123. The van der Waals surface area contributed by atoms with Gasteiger partial charge in [-0.1, -0.05) is 0 Å². The molecule has 94 valence electrons. The third-order valence-corrected chi connectivity index (χ3v) is 6.85. The van der Waals surface area contributed by atoms with E-state index in [1.807, 2.05) is 0 Å². The number of piperazine rings is 1. The molecule has 1 amide bonds. The maximum Gasteiger partial charge on any atom is 0.245 e. The molecule has 1 aliphatic rings. The summed E-state index contributed by atoms with van der Waals surface area (Å²) in [6.07, 6.45) is 0. The van der Waals surface area contributed by atoms with E-state index < -0.39 is 10.0 Å². The Bertz CT molecular complexity index is 555. The molecule has 1 aliphatic heterocycles. The number of amides is 1. The molecule has 0 aliphatic carbocycles. The summed E-state index contributed by atoms with van der Waals surface area (Å²) in [6.45, 7) is 0.525. The van der Waals surface area contributed by atoms with Crippen LogP contribution in [0.25, 0.3) is 0 Å². The van der Waals surface area contributed by atoms with Crippen LogP contribution in [0, 0.1) is 0 Å². The van der Waals surface area contributed by atoms with E-state index in [0.29, 0.717) is 16.9 Å². The number of rotatable bonds is 2. The predicted octanol–water partition coefficient (Wildman–Crippen LogP) is 1.39. The number of nitrogens with one attached hydrogen (secondary N) is 1. The second kappa shape index (κ2) is 4.96. The first-order chi connectivity index (χ1) is 7.91.